The molecule has 1 atom stereocenters. The first-order chi connectivity index (χ1) is 10.8. The van der Waals surface area contributed by atoms with Crippen molar-refractivity contribution in [2.24, 2.45) is 0 Å². The molecule has 1 unspecified atom stereocenters. The van der Waals surface area contributed by atoms with Crippen molar-refractivity contribution in [1.29, 1.82) is 0 Å². The highest BCUT2D eigenvalue weighted by molar-refractivity contribution is 7.71. The van der Waals surface area contributed by atoms with Gasteiger partial charge in [-0.2, -0.15) is 0 Å². The molecule has 0 saturated heterocycles. The number of aromatic nitrogens is 2. The number of hydrogen-bond donors (Lipinski definition) is 2. The van der Waals surface area contributed by atoms with Crippen LogP contribution in [0.1, 0.15) is 51.5 Å². The summed E-state index contributed by atoms with van der Waals surface area (Å²) in [5.41, 5.74) is 1.91. The highest BCUT2D eigenvalue weighted by Crippen LogP contribution is 2.41. The Bertz CT molecular complexity index is 788. The third kappa shape index (κ3) is 3.10. The van der Waals surface area contributed by atoms with E-state index in [2.05, 4.69) is 0 Å². The molecule has 0 radical (unpaired) electrons. The van der Waals surface area contributed by atoms with Crippen LogP contribution in [-0.2, 0) is 17.9 Å². The lowest BCUT2D eigenvalue weighted by atomic mass is 9.96. The first-order valence-electron chi connectivity index (χ1n) is 7.77. The van der Waals surface area contributed by atoms with Crippen molar-refractivity contribution >= 4 is 18.2 Å². The van der Waals surface area contributed by atoms with E-state index in [-0.39, 0.29) is 23.8 Å². The van der Waals surface area contributed by atoms with E-state index >= 15 is 0 Å². The number of carboxylic acids is 1. The van der Waals surface area contributed by atoms with Gasteiger partial charge in [-0.1, -0.05) is 11.1 Å². The lowest BCUT2D eigenvalue weighted by Crippen LogP contribution is -2.29. The number of hydrogen-bond acceptors (Lipinski definition) is 4. The van der Waals surface area contributed by atoms with Gasteiger partial charge in [0.15, 0.2) is 4.77 Å². The Morgan fingerprint density at radius 2 is 1.87 bits per heavy atom. The van der Waals surface area contributed by atoms with E-state index in [9.17, 15) is 14.7 Å². The molecule has 1 aliphatic rings. The summed E-state index contributed by atoms with van der Waals surface area (Å²) in [6, 6.07) is 0. The summed E-state index contributed by atoms with van der Waals surface area (Å²) < 4.78 is 3.35. The molecule has 2 N–H and O–H groups in total. The van der Waals surface area contributed by atoms with Crippen LogP contribution in [0.3, 0.4) is 0 Å². The SMILES string of the molecule is CCn1c(O)c(C2CC(C)=C(CC(=O)O)C2)c(=O)n(CC)c1=S. The van der Waals surface area contributed by atoms with E-state index in [1.54, 1.807) is 4.57 Å². The molecule has 0 fully saturated rings. The first kappa shape index (κ1) is 17.5. The Morgan fingerprint density at radius 3 is 2.39 bits per heavy atom. The number of aromatic hydroxyl groups is 1. The lowest BCUT2D eigenvalue weighted by Gasteiger charge is -2.19. The highest BCUT2D eigenvalue weighted by Gasteiger charge is 2.30. The minimum Gasteiger partial charge on any atom is -0.494 e. The van der Waals surface area contributed by atoms with Crippen molar-refractivity contribution in [3.8, 4) is 5.88 Å². The summed E-state index contributed by atoms with van der Waals surface area (Å²) >= 11 is 5.28. The second kappa shape index (κ2) is 6.70. The van der Waals surface area contributed by atoms with E-state index in [1.807, 2.05) is 20.8 Å². The first-order valence-corrected chi connectivity index (χ1v) is 8.18. The normalized spacial score (nSPS) is 17.8. The predicted molar refractivity (Wildman–Crippen MR) is 89.5 cm³/mol. The van der Waals surface area contributed by atoms with Gasteiger partial charge in [0.05, 0.1) is 12.0 Å². The fourth-order valence-corrected chi connectivity index (χ4v) is 3.73. The molecule has 0 amide bonds. The summed E-state index contributed by atoms with van der Waals surface area (Å²) in [6.07, 6.45) is 1.07. The molecule has 0 aliphatic heterocycles. The van der Waals surface area contributed by atoms with Crippen molar-refractivity contribution in [2.45, 2.75) is 59.0 Å². The van der Waals surface area contributed by atoms with Gasteiger partial charge in [-0.25, -0.2) is 0 Å². The van der Waals surface area contributed by atoms with Gasteiger partial charge in [0.25, 0.3) is 5.56 Å². The van der Waals surface area contributed by atoms with Crippen molar-refractivity contribution < 1.29 is 15.0 Å². The van der Waals surface area contributed by atoms with Gasteiger partial charge < -0.3 is 10.2 Å². The Hall–Kier alpha value is -1.89. The van der Waals surface area contributed by atoms with E-state index in [0.717, 1.165) is 11.1 Å². The smallest absolute Gasteiger partial charge is 0.307 e. The Morgan fingerprint density at radius 1 is 1.26 bits per heavy atom. The number of allylic oxidation sites excluding steroid dienone is 1. The third-order valence-corrected chi connectivity index (χ3v) is 4.93. The molecule has 0 saturated carbocycles. The second-order valence-electron chi connectivity index (χ2n) is 5.87. The van der Waals surface area contributed by atoms with Gasteiger partial charge >= 0.3 is 5.97 Å². The molecular weight excluding hydrogens is 316 g/mol. The number of aliphatic carboxylic acids is 1. The number of nitrogens with zero attached hydrogens (tertiary/aromatic N) is 2. The van der Waals surface area contributed by atoms with Crippen molar-refractivity contribution in [1.82, 2.24) is 9.13 Å². The molecule has 0 spiro atoms. The van der Waals surface area contributed by atoms with Crippen molar-refractivity contribution in [3.05, 3.63) is 31.8 Å². The average Bonchev–Trinajstić information content (AvgIpc) is 2.79. The molecule has 23 heavy (non-hydrogen) atoms. The molecule has 126 valence electrons. The molecule has 0 aromatic carbocycles. The zero-order chi connectivity index (χ0) is 17.3. The zero-order valence-corrected chi connectivity index (χ0v) is 14.4. The van der Waals surface area contributed by atoms with Crippen LogP contribution >= 0.6 is 12.2 Å². The van der Waals surface area contributed by atoms with Crippen molar-refractivity contribution in [2.75, 3.05) is 0 Å². The van der Waals surface area contributed by atoms with Gasteiger partial charge in [-0.15, -0.1) is 0 Å². The molecular formula is C16H22N2O4S. The van der Waals surface area contributed by atoms with Gasteiger partial charge in [-0.3, -0.25) is 18.7 Å². The largest absolute Gasteiger partial charge is 0.494 e. The average molecular weight is 338 g/mol. The third-order valence-electron chi connectivity index (χ3n) is 4.49. The van der Waals surface area contributed by atoms with Crippen LogP contribution in [0.25, 0.3) is 0 Å². The zero-order valence-electron chi connectivity index (χ0n) is 13.6. The molecule has 6 nitrogen and oxygen atoms in total. The number of carbonyl (C=O) groups is 1. The Balaban J connectivity index is 2.52. The topological polar surface area (TPSA) is 84.5 Å². The summed E-state index contributed by atoms with van der Waals surface area (Å²) in [5.74, 6) is -1.15. The van der Waals surface area contributed by atoms with Gasteiger partial charge in [0, 0.05) is 19.0 Å². The van der Waals surface area contributed by atoms with E-state index in [4.69, 9.17) is 17.3 Å². The van der Waals surface area contributed by atoms with Gasteiger partial charge in [0.1, 0.15) is 0 Å². The lowest BCUT2D eigenvalue weighted by molar-refractivity contribution is -0.136. The van der Waals surface area contributed by atoms with Crippen LogP contribution < -0.4 is 5.56 Å². The molecule has 1 heterocycles. The van der Waals surface area contributed by atoms with Gasteiger partial charge in [0.2, 0.25) is 5.88 Å². The van der Waals surface area contributed by atoms with Crippen LogP contribution in [0.5, 0.6) is 5.88 Å². The van der Waals surface area contributed by atoms with Crippen LogP contribution in [0, 0.1) is 4.77 Å². The quantitative estimate of drug-likeness (QED) is 0.637. The van der Waals surface area contributed by atoms with E-state index in [0.29, 0.717) is 36.3 Å². The second-order valence-corrected chi connectivity index (χ2v) is 6.24. The van der Waals surface area contributed by atoms with E-state index < -0.39 is 5.97 Å². The fourth-order valence-electron chi connectivity index (χ4n) is 3.30. The van der Waals surface area contributed by atoms with Crippen LogP contribution in [0.15, 0.2) is 15.9 Å². The van der Waals surface area contributed by atoms with Crippen LogP contribution in [0.4, 0.5) is 0 Å². The van der Waals surface area contributed by atoms with Crippen LogP contribution in [0.2, 0.25) is 0 Å². The molecule has 2 rings (SSSR count). The molecule has 1 aromatic rings. The van der Waals surface area contributed by atoms with Crippen LogP contribution in [-0.4, -0.2) is 25.3 Å². The maximum atomic E-state index is 12.7. The molecule has 1 aromatic heterocycles. The monoisotopic (exact) mass is 338 g/mol. The molecule has 1 aliphatic carbocycles. The summed E-state index contributed by atoms with van der Waals surface area (Å²) in [4.78, 5) is 23.7. The predicted octanol–water partition coefficient (Wildman–Crippen LogP) is 2.79. The summed E-state index contributed by atoms with van der Waals surface area (Å²) in [6.45, 7) is 6.50. The van der Waals surface area contributed by atoms with Crippen molar-refractivity contribution in [3.63, 3.8) is 0 Å². The molecule has 7 heteroatoms. The standard InChI is InChI=1S/C16H22N2O4S/c1-4-17-14(21)13(15(22)18(5-2)16(17)23)11-6-9(3)10(7-11)8-12(19)20/h11,21H,4-8H2,1-3H3,(H,19,20). The summed E-state index contributed by atoms with van der Waals surface area (Å²) in [5, 5.41) is 19.5. The maximum Gasteiger partial charge on any atom is 0.307 e. The molecule has 0 bridgehead atoms. The minimum absolute atomic E-state index is 0.0159. The number of rotatable bonds is 5. The Labute approximate surface area is 139 Å². The van der Waals surface area contributed by atoms with E-state index in [1.165, 1.54) is 4.57 Å². The highest BCUT2D eigenvalue weighted by atomic mass is 32.1. The number of carboxylic acid groups (broad SMARTS) is 1. The van der Waals surface area contributed by atoms with Gasteiger partial charge in [-0.05, 0) is 45.8 Å². The fraction of sp³-hybridized carbons (Fsp3) is 0.562. The summed E-state index contributed by atoms with van der Waals surface area (Å²) in [7, 11) is 0. The maximum absolute atomic E-state index is 12.7. The minimum atomic E-state index is -0.875. The Kier molecular flexibility index (Phi) is 5.09.